The molecule has 0 aromatic heterocycles. The van der Waals surface area contributed by atoms with Gasteiger partial charge >= 0.3 is 0 Å². The number of nitrogens with zero attached hydrogens (tertiary/aromatic N) is 1. The van der Waals surface area contributed by atoms with Gasteiger partial charge in [-0.2, -0.15) is 0 Å². The molecule has 1 heterocycles. The Bertz CT molecular complexity index is 726. The Morgan fingerprint density at radius 2 is 1.44 bits per heavy atom. The molecule has 132 valence electrons. The molecule has 0 bridgehead atoms. The summed E-state index contributed by atoms with van der Waals surface area (Å²) in [4.78, 5) is 0. The highest BCUT2D eigenvalue weighted by Crippen LogP contribution is 2.36. The number of piperidine rings is 1. The van der Waals surface area contributed by atoms with Gasteiger partial charge in [0.1, 0.15) is 11.5 Å². The van der Waals surface area contributed by atoms with Gasteiger partial charge in [-0.15, -0.1) is 0 Å². The molecule has 5 nitrogen and oxygen atoms in total. The monoisotopic (exact) mass is 340 g/mol. The maximum Gasteiger partial charge on any atom is 0.118 e. The standard InChI is InChI=1S/C20H24N2O3/c1-13-18(22-23)12-19(14-4-8-16(24-2)9-5-14)21-20(13)15-6-10-17(25-3)11-7-15/h4-11,13,19-21,23H,12H2,1-3H3/b22-18+/t13-,19+,20-/m1/s1. The van der Waals surface area contributed by atoms with Crippen molar-refractivity contribution < 1.29 is 14.7 Å². The van der Waals surface area contributed by atoms with Crippen molar-refractivity contribution in [3.05, 3.63) is 59.7 Å². The largest absolute Gasteiger partial charge is 0.497 e. The molecule has 25 heavy (non-hydrogen) atoms. The predicted molar refractivity (Wildman–Crippen MR) is 97.6 cm³/mol. The van der Waals surface area contributed by atoms with Crippen LogP contribution >= 0.6 is 0 Å². The van der Waals surface area contributed by atoms with Crippen molar-refractivity contribution in [1.82, 2.24) is 5.32 Å². The molecule has 0 amide bonds. The average molecular weight is 340 g/mol. The van der Waals surface area contributed by atoms with E-state index in [2.05, 4.69) is 29.5 Å². The zero-order chi connectivity index (χ0) is 17.8. The first-order valence-electron chi connectivity index (χ1n) is 8.41. The van der Waals surface area contributed by atoms with E-state index in [9.17, 15) is 5.21 Å². The normalized spacial score (nSPS) is 24.9. The smallest absolute Gasteiger partial charge is 0.118 e. The number of hydrogen-bond acceptors (Lipinski definition) is 5. The molecule has 1 aliphatic rings. The minimum absolute atomic E-state index is 0.0673. The molecule has 2 N–H and O–H groups in total. The third-order valence-corrected chi connectivity index (χ3v) is 4.94. The zero-order valence-electron chi connectivity index (χ0n) is 14.8. The van der Waals surface area contributed by atoms with Gasteiger partial charge < -0.3 is 20.0 Å². The molecule has 0 spiro atoms. The fraction of sp³-hybridized carbons (Fsp3) is 0.350. The van der Waals surface area contributed by atoms with Gasteiger partial charge in [0.25, 0.3) is 0 Å². The van der Waals surface area contributed by atoms with Crippen LogP contribution in [-0.4, -0.2) is 25.1 Å². The lowest BCUT2D eigenvalue weighted by Crippen LogP contribution is -2.41. The minimum Gasteiger partial charge on any atom is -0.497 e. The quantitative estimate of drug-likeness (QED) is 0.653. The summed E-state index contributed by atoms with van der Waals surface area (Å²) in [5.41, 5.74) is 3.10. The number of methoxy groups -OCH3 is 2. The maximum atomic E-state index is 9.48. The van der Waals surface area contributed by atoms with Crippen molar-refractivity contribution in [2.24, 2.45) is 11.1 Å². The first-order valence-corrected chi connectivity index (χ1v) is 8.41. The summed E-state index contributed by atoms with van der Waals surface area (Å²) in [6, 6.07) is 16.2. The summed E-state index contributed by atoms with van der Waals surface area (Å²) in [5, 5.41) is 16.8. The van der Waals surface area contributed by atoms with Gasteiger partial charge in [-0.1, -0.05) is 36.3 Å². The fourth-order valence-corrected chi connectivity index (χ4v) is 3.39. The summed E-state index contributed by atoms with van der Waals surface area (Å²) in [5.74, 6) is 1.76. The van der Waals surface area contributed by atoms with E-state index < -0.39 is 0 Å². The van der Waals surface area contributed by atoms with Crippen LogP contribution in [0.15, 0.2) is 53.7 Å². The molecule has 0 unspecified atom stereocenters. The van der Waals surface area contributed by atoms with E-state index in [1.165, 1.54) is 0 Å². The summed E-state index contributed by atoms with van der Waals surface area (Å²) in [6.07, 6.45) is 0.677. The van der Waals surface area contributed by atoms with Crippen molar-refractivity contribution >= 4 is 5.71 Å². The maximum absolute atomic E-state index is 9.48. The second kappa shape index (κ2) is 7.57. The first kappa shape index (κ1) is 17.3. The van der Waals surface area contributed by atoms with Crippen LogP contribution in [0.4, 0.5) is 0 Å². The fourth-order valence-electron chi connectivity index (χ4n) is 3.39. The van der Waals surface area contributed by atoms with Crippen molar-refractivity contribution in [3.8, 4) is 11.5 Å². The van der Waals surface area contributed by atoms with Crippen LogP contribution in [0.5, 0.6) is 11.5 Å². The Hall–Kier alpha value is -2.53. The number of ether oxygens (including phenoxy) is 2. The molecule has 3 atom stereocenters. The number of nitrogens with one attached hydrogen (secondary N) is 1. The lowest BCUT2D eigenvalue weighted by Gasteiger charge is -2.37. The van der Waals surface area contributed by atoms with Crippen LogP contribution in [0.1, 0.15) is 36.6 Å². The molecule has 5 heteroatoms. The van der Waals surface area contributed by atoms with Crippen molar-refractivity contribution in [3.63, 3.8) is 0 Å². The van der Waals surface area contributed by atoms with E-state index in [4.69, 9.17) is 9.47 Å². The predicted octanol–water partition coefficient (Wildman–Crippen LogP) is 3.95. The Balaban J connectivity index is 1.88. The van der Waals surface area contributed by atoms with Crippen LogP contribution in [0.3, 0.4) is 0 Å². The van der Waals surface area contributed by atoms with Crippen LogP contribution in [0.25, 0.3) is 0 Å². The van der Waals surface area contributed by atoms with E-state index in [1.807, 2.05) is 36.4 Å². The van der Waals surface area contributed by atoms with Crippen LogP contribution in [0, 0.1) is 5.92 Å². The van der Waals surface area contributed by atoms with E-state index in [1.54, 1.807) is 14.2 Å². The van der Waals surface area contributed by atoms with E-state index in [0.29, 0.717) is 6.42 Å². The van der Waals surface area contributed by atoms with E-state index in [0.717, 1.165) is 28.3 Å². The molecule has 2 aromatic rings. The molecular weight excluding hydrogens is 316 g/mol. The third-order valence-electron chi connectivity index (χ3n) is 4.94. The Morgan fingerprint density at radius 1 is 0.920 bits per heavy atom. The van der Waals surface area contributed by atoms with Crippen molar-refractivity contribution in [2.45, 2.75) is 25.4 Å². The number of hydrogen-bond donors (Lipinski definition) is 2. The highest BCUT2D eigenvalue weighted by Gasteiger charge is 2.33. The molecule has 0 radical (unpaired) electrons. The molecule has 3 rings (SSSR count). The summed E-state index contributed by atoms with van der Waals surface area (Å²) in [7, 11) is 3.32. The van der Waals surface area contributed by atoms with Crippen molar-refractivity contribution in [1.29, 1.82) is 0 Å². The number of rotatable bonds is 4. The molecule has 0 aliphatic carbocycles. The summed E-state index contributed by atoms with van der Waals surface area (Å²) in [6.45, 7) is 2.08. The minimum atomic E-state index is 0.0673. The van der Waals surface area contributed by atoms with Crippen LogP contribution in [0.2, 0.25) is 0 Å². The van der Waals surface area contributed by atoms with Crippen LogP contribution in [-0.2, 0) is 0 Å². The SMILES string of the molecule is COc1ccc([C@@H]2C/C(=N\O)[C@@H](C)[C@H](c3ccc(OC)cc3)N2)cc1. The molecule has 1 saturated heterocycles. The first-order chi connectivity index (χ1) is 12.2. The highest BCUT2D eigenvalue weighted by molar-refractivity contribution is 5.88. The number of oxime groups is 1. The van der Waals surface area contributed by atoms with Gasteiger partial charge in [0.15, 0.2) is 0 Å². The molecule has 1 aliphatic heterocycles. The molecular formula is C20H24N2O3. The lowest BCUT2D eigenvalue weighted by atomic mass is 9.81. The molecule has 2 aromatic carbocycles. The Morgan fingerprint density at radius 3 is 1.92 bits per heavy atom. The van der Waals surface area contributed by atoms with E-state index >= 15 is 0 Å². The Kier molecular flexibility index (Phi) is 5.24. The number of benzene rings is 2. The van der Waals surface area contributed by atoms with Gasteiger partial charge in [-0.05, 0) is 35.4 Å². The third kappa shape index (κ3) is 3.61. The van der Waals surface area contributed by atoms with Gasteiger partial charge in [0.05, 0.1) is 19.9 Å². The van der Waals surface area contributed by atoms with Gasteiger partial charge in [0, 0.05) is 24.4 Å². The van der Waals surface area contributed by atoms with Gasteiger partial charge in [0.2, 0.25) is 0 Å². The summed E-state index contributed by atoms with van der Waals surface area (Å²) >= 11 is 0. The van der Waals surface area contributed by atoms with E-state index in [-0.39, 0.29) is 18.0 Å². The molecule has 0 saturated carbocycles. The van der Waals surface area contributed by atoms with Crippen LogP contribution < -0.4 is 14.8 Å². The summed E-state index contributed by atoms with van der Waals surface area (Å²) < 4.78 is 10.5. The molecule has 1 fully saturated rings. The lowest BCUT2D eigenvalue weighted by molar-refractivity contribution is 0.294. The van der Waals surface area contributed by atoms with Crippen molar-refractivity contribution in [2.75, 3.05) is 14.2 Å². The van der Waals surface area contributed by atoms with Gasteiger partial charge in [-0.3, -0.25) is 0 Å². The highest BCUT2D eigenvalue weighted by atomic mass is 16.5. The second-order valence-corrected chi connectivity index (χ2v) is 6.33. The average Bonchev–Trinajstić information content (AvgIpc) is 2.68. The second-order valence-electron chi connectivity index (χ2n) is 6.33. The Labute approximate surface area is 148 Å². The zero-order valence-corrected chi connectivity index (χ0v) is 14.8. The topological polar surface area (TPSA) is 63.1 Å². The van der Waals surface area contributed by atoms with Gasteiger partial charge in [-0.25, -0.2) is 0 Å².